The maximum Gasteiger partial charge on any atom is 0.229 e. The summed E-state index contributed by atoms with van der Waals surface area (Å²) >= 11 is 6.16. The van der Waals surface area contributed by atoms with Gasteiger partial charge in [0.1, 0.15) is 5.82 Å². The monoisotopic (exact) mass is 316 g/mol. The number of hydrogen-bond donors (Lipinski definition) is 2. The van der Waals surface area contributed by atoms with Crippen LogP contribution in [0.4, 0.5) is 17.5 Å². The Morgan fingerprint density at radius 2 is 1.86 bits per heavy atom. The largest absolute Gasteiger partial charge is 0.367 e. The molecule has 1 fully saturated rings. The molecule has 0 bridgehead atoms. The maximum absolute atomic E-state index is 6.16. The molecule has 0 saturated heterocycles. The third-order valence-electron chi connectivity index (χ3n) is 3.99. The molecule has 1 aromatic heterocycles. The zero-order valence-electron chi connectivity index (χ0n) is 13.0. The molecule has 1 heterocycles. The van der Waals surface area contributed by atoms with Gasteiger partial charge in [0.25, 0.3) is 0 Å². The van der Waals surface area contributed by atoms with E-state index in [1.165, 1.54) is 25.7 Å². The molecule has 1 saturated carbocycles. The highest BCUT2D eigenvalue weighted by Gasteiger charge is 2.15. The first-order valence-electron chi connectivity index (χ1n) is 7.75. The molecule has 116 valence electrons. The zero-order valence-corrected chi connectivity index (χ0v) is 13.7. The number of anilines is 3. The molecule has 0 radical (unpaired) electrons. The van der Waals surface area contributed by atoms with Gasteiger partial charge in [0.2, 0.25) is 5.95 Å². The molecule has 1 aliphatic carbocycles. The lowest BCUT2D eigenvalue weighted by Crippen LogP contribution is -2.16. The molecule has 2 aromatic rings. The second-order valence-electron chi connectivity index (χ2n) is 5.93. The van der Waals surface area contributed by atoms with E-state index in [0.717, 1.165) is 27.8 Å². The Labute approximate surface area is 136 Å². The van der Waals surface area contributed by atoms with Crippen LogP contribution in [0.2, 0.25) is 5.02 Å². The van der Waals surface area contributed by atoms with Gasteiger partial charge in [-0.3, -0.25) is 0 Å². The smallest absolute Gasteiger partial charge is 0.229 e. The summed E-state index contributed by atoms with van der Waals surface area (Å²) in [4.78, 5) is 9.02. The Morgan fingerprint density at radius 1 is 1.09 bits per heavy atom. The highest BCUT2D eigenvalue weighted by molar-refractivity contribution is 6.31. The second-order valence-corrected chi connectivity index (χ2v) is 6.34. The van der Waals surface area contributed by atoms with Crippen molar-refractivity contribution in [2.45, 2.75) is 45.6 Å². The summed E-state index contributed by atoms with van der Waals surface area (Å²) in [7, 11) is 0. The molecule has 22 heavy (non-hydrogen) atoms. The molecule has 0 spiro atoms. The number of nitrogens with one attached hydrogen (secondary N) is 2. The van der Waals surface area contributed by atoms with E-state index < -0.39 is 0 Å². The number of benzene rings is 1. The molecule has 0 unspecified atom stereocenters. The van der Waals surface area contributed by atoms with Gasteiger partial charge in [-0.1, -0.05) is 30.5 Å². The van der Waals surface area contributed by atoms with Crippen molar-refractivity contribution in [2.24, 2.45) is 0 Å². The first-order valence-corrected chi connectivity index (χ1v) is 8.13. The highest BCUT2D eigenvalue weighted by Crippen LogP contribution is 2.24. The number of rotatable bonds is 4. The molecule has 1 aromatic carbocycles. The summed E-state index contributed by atoms with van der Waals surface area (Å²) in [6, 6.07) is 8.39. The van der Waals surface area contributed by atoms with Crippen molar-refractivity contribution in [3.05, 3.63) is 40.5 Å². The number of hydrogen-bond acceptors (Lipinski definition) is 4. The van der Waals surface area contributed by atoms with E-state index in [1.807, 2.05) is 38.1 Å². The minimum absolute atomic E-state index is 0.538. The van der Waals surface area contributed by atoms with Crippen molar-refractivity contribution in [2.75, 3.05) is 10.6 Å². The Bertz CT molecular complexity index is 666. The van der Waals surface area contributed by atoms with Gasteiger partial charge in [0.05, 0.1) is 0 Å². The molecule has 5 heteroatoms. The van der Waals surface area contributed by atoms with Crippen molar-refractivity contribution < 1.29 is 0 Å². The van der Waals surface area contributed by atoms with E-state index in [1.54, 1.807) is 0 Å². The van der Waals surface area contributed by atoms with Crippen LogP contribution in [-0.4, -0.2) is 16.0 Å². The Morgan fingerprint density at radius 3 is 2.59 bits per heavy atom. The lowest BCUT2D eigenvalue weighted by Gasteiger charge is -2.14. The minimum atomic E-state index is 0.538. The molecule has 2 N–H and O–H groups in total. The fourth-order valence-corrected chi connectivity index (χ4v) is 2.96. The molecule has 3 rings (SSSR count). The standard InChI is InChI=1S/C17H21ClN4/c1-11-7-8-14(10-15(11)18)21-17-19-12(2)9-16(22-17)20-13-5-3-4-6-13/h7-10,13H,3-6H2,1-2H3,(H2,19,20,21,22). The molecular formula is C17H21ClN4. The Hall–Kier alpha value is -1.81. The van der Waals surface area contributed by atoms with Gasteiger partial charge in [0, 0.05) is 28.5 Å². The van der Waals surface area contributed by atoms with Crippen LogP contribution in [0.15, 0.2) is 24.3 Å². The van der Waals surface area contributed by atoms with Gasteiger partial charge in [-0.05, 0) is 44.4 Å². The number of aromatic nitrogens is 2. The lowest BCUT2D eigenvalue weighted by molar-refractivity contribution is 0.749. The number of aryl methyl sites for hydroxylation is 2. The molecular weight excluding hydrogens is 296 g/mol. The fraction of sp³-hybridized carbons (Fsp3) is 0.412. The molecule has 1 aliphatic rings. The van der Waals surface area contributed by atoms with E-state index in [4.69, 9.17) is 11.6 Å². The van der Waals surface area contributed by atoms with Gasteiger partial charge >= 0.3 is 0 Å². The van der Waals surface area contributed by atoms with Gasteiger partial charge in [0.15, 0.2) is 0 Å². The summed E-state index contributed by atoms with van der Waals surface area (Å²) in [6.45, 7) is 3.97. The van der Waals surface area contributed by atoms with Crippen molar-refractivity contribution in [1.82, 2.24) is 9.97 Å². The second kappa shape index (κ2) is 6.53. The van der Waals surface area contributed by atoms with Crippen molar-refractivity contribution in [3.8, 4) is 0 Å². The number of halogens is 1. The van der Waals surface area contributed by atoms with Gasteiger partial charge in [-0.15, -0.1) is 0 Å². The summed E-state index contributed by atoms with van der Waals surface area (Å²) in [5, 5.41) is 7.48. The van der Waals surface area contributed by atoms with Crippen LogP contribution in [0.3, 0.4) is 0 Å². The molecule has 4 nitrogen and oxygen atoms in total. The van der Waals surface area contributed by atoms with Crippen LogP contribution in [0, 0.1) is 13.8 Å². The summed E-state index contributed by atoms with van der Waals surface area (Å²) in [5.74, 6) is 1.49. The quantitative estimate of drug-likeness (QED) is 0.847. The SMILES string of the molecule is Cc1cc(NC2CCCC2)nc(Nc2ccc(C)c(Cl)c2)n1. The first-order chi connectivity index (χ1) is 10.6. The van der Waals surface area contributed by atoms with Gasteiger partial charge in [-0.25, -0.2) is 4.98 Å². The lowest BCUT2D eigenvalue weighted by atomic mass is 10.2. The van der Waals surface area contributed by atoms with Crippen LogP contribution in [0.5, 0.6) is 0 Å². The predicted molar refractivity (Wildman–Crippen MR) is 92.1 cm³/mol. The van der Waals surface area contributed by atoms with Crippen LogP contribution in [0.1, 0.15) is 36.9 Å². The van der Waals surface area contributed by atoms with Gasteiger partial charge in [-0.2, -0.15) is 4.98 Å². The fourth-order valence-electron chi connectivity index (χ4n) is 2.78. The Kier molecular flexibility index (Phi) is 4.48. The minimum Gasteiger partial charge on any atom is -0.367 e. The third kappa shape index (κ3) is 3.69. The van der Waals surface area contributed by atoms with Crippen LogP contribution in [-0.2, 0) is 0 Å². The zero-order chi connectivity index (χ0) is 15.5. The normalized spacial score (nSPS) is 15.0. The van der Waals surface area contributed by atoms with Crippen molar-refractivity contribution in [3.63, 3.8) is 0 Å². The van der Waals surface area contributed by atoms with Crippen LogP contribution in [0.25, 0.3) is 0 Å². The summed E-state index contributed by atoms with van der Waals surface area (Å²) in [5.41, 5.74) is 2.89. The van der Waals surface area contributed by atoms with Crippen LogP contribution >= 0.6 is 11.6 Å². The molecule has 0 aliphatic heterocycles. The third-order valence-corrected chi connectivity index (χ3v) is 4.40. The average Bonchev–Trinajstić information content (AvgIpc) is 2.95. The van der Waals surface area contributed by atoms with Crippen molar-refractivity contribution >= 4 is 29.1 Å². The predicted octanol–water partition coefficient (Wildman–Crippen LogP) is 4.84. The summed E-state index contributed by atoms with van der Waals surface area (Å²) < 4.78 is 0. The van der Waals surface area contributed by atoms with E-state index in [9.17, 15) is 0 Å². The maximum atomic E-state index is 6.16. The average molecular weight is 317 g/mol. The van der Waals surface area contributed by atoms with Gasteiger partial charge < -0.3 is 10.6 Å². The molecule has 0 amide bonds. The van der Waals surface area contributed by atoms with E-state index >= 15 is 0 Å². The molecule has 0 atom stereocenters. The van der Waals surface area contributed by atoms with E-state index in [2.05, 4.69) is 20.6 Å². The number of nitrogens with zero attached hydrogens (tertiary/aromatic N) is 2. The topological polar surface area (TPSA) is 49.8 Å². The van der Waals surface area contributed by atoms with E-state index in [0.29, 0.717) is 12.0 Å². The first kappa shape index (κ1) is 15.1. The van der Waals surface area contributed by atoms with E-state index in [-0.39, 0.29) is 0 Å². The van der Waals surface area contributed by atoms with Crippen molar-refractivity contribution in [1.29, 1.82) is 0 Å². The Balaban J connectivity index is 1.77. The van der Waals surface area contributed by atoms with Crippen LogP contribution < -0.4 is 10.6 Å². The summed E-state index contributed by atoms with van der Waals surface area (Å²) in [6.07, 6.45) is 5.04. The highest BCUT2D eigenvalue weighted by atomic mass is 35.5.